The van der Waals surface area contributed by atoms with Gasteiger partial charge in [-0.3, -0.25) is 4.90 Å². The van der Waals surface area contributed by atoms with Crippen molar-refractivity contribution in [3.05, 3.63) is 35.1 Å². The third-order valence-corrected chi connectivity index (χ3v) is 3.85. The fourth-order valence-electron chi connectivity index (χ4n) is 2.53. The zero-order chi connectivity index (χ0) is 14.7. The first-order valence-corrected chi connectivity index (χ1v) is 6.82. The van der Waals surface area contributed by atoms with E-state index in [0.29, 0.717) is 30.8 Å². The van der Waals surface area contributed by atoms with E-state index in [0.717, 1.165) is 0 Å². The Morgan fingerprint density at radius 2 is 1.95 bits per heavy atom. The number of methoxy groups -OCH3 is 2. The Labute approximate surface area is 123 Å². The Morgan fingerprint density at radius 3 is 2.45 bits per heavy atom. The Kier molecular flexibility index (Phi) is 5.04. The third-order valence-electron chi connectivity index (χ3n) is 3.63. The highest BCUT2D eigenvalue weighted by Gasteiger charge is 2.33. The first-order chi connectivity index (χ1) is 9.56. The standard InChI is InChI=1S/C14H19FN2O2S/c1-18-11-7-17(8-12(11)19-2)6-9-4-3-5-10(13(9)15)14(16)20/h3-5,11-12H,6-8H2,1-2H3,(H2,16,20). The lowest BCUT2D eigenvalue weighted by Crippen LogP contribution is -2.27. The van der Waals surface area contributed by atoms with Gasteiger partial charge in [0.25, 0.3) is 0 Å². The summed E-state index contributed by atoms with van der Waals surface area (Å²) in [4.78, 5) is 2.18. The van der Waals surface area contributed by atoms with E-state index in [9.17, 15) is 4.39 Å². The molecule has 2 atom stereocenters. The number of hydrogen-bond donors (Lipinski definition) is 1. The van der Waals surface area contributed by atoms with Crippen molar-refractivity contribution in [3.8, 4) is 0 Å². The normalized spacial score (nSPS) is 23.1. The highest BCUT2D eigenvalue weighted by Crippen LogP contribution is 2.21. The predicted octanol–water partition coefficient (Wildman–Crippen LogP) is 1.31. The van der Waals surface area contributed by atoms with E-state index in [4.69, 9.17) is 27.4 Å². The molecular formula is C14H19FN2O2S. The van der Waals surface area contributed by atoms with Crippen LogP contribution in [0.2, 0.25) is 0 Å². The number of rotatable bonds is 5. The maximum Gasteiger partial charge on any atom is 0.137 e. The summed E-state index contributed by atoms with van der Waals surface area (Å²) in [6.07, 6.45) is 0.0312. The molecule has 2 unspecified atom stereocenters. The number of nitrogens with zero attached hydrogens (tertiary/aromatic N) is 1. The number of ether oxygens (including phenoxy) is 2. The lowest BCUT2D eigenvalue weighted by atomic mass is 10.1. The van der Waals surface area contributed by atoms with E-state index in [2.05, 4.69) is 4.90 Å². The van der Waals surface area contributed by atoms with Crippen molar-refractivity contribution in [1.82, 2.24) is 4.90 Å². The predicted molar refractivity (Wildman–Crippen MR) is 79.2 cm³/mol. The fourth-order valence-corrected chi connectivity index (χ4v) is 2.69. The molecule has 4 nitrogen and oxygen atoms in total. The molecule has 1 heterocycles. The highest BCUT2D eigenvalue weighted by atomic mass is 32.1. The molecule has 2 N–H and O–H groups in total. The maximum absolute atomic E-state index is 14.3. The van der Waals surface area contributed by atoms with Crippen molar-refractivity contribution in [2.75, 3.05) is 27.3 Å². The molecule has 1 aromatic rings. The highest BCUT2D eigenvalue weighted by molar-refractivity contribution is 7.80. The first-order valence-electron chi connectivity index (χ1n) is 6.42. The van der Waals surface area contributed by atoms with Crippen molar-refractivity contribution in [3.63, 3.8) is 0 Å². The van der Waals surface area contributed by atoms with Gasteiger partial charge in [0.2, 0.25) is 0 Å². The van der Waals surface area contributed by atoms with Crippen LogP contribution in [0.1, 0.15) is 11.1 Å². The Morgan fingerprint density at radius 1 is 1.35 bits per heavy atom. The van der Waals surface area contributed by atoms with Crippen LogP contribution in [0.25, 0.3) is 0 Å². The van der Waals surface area contributed by atoms with E-state index < -0.39 is 0 Å². The Hall–Kier alpha value is -1.08. The van der Waals surface area contributed by atoms with Gasteiger partial charge in [0.05, 0.1) is 12.2 Å². The molecule has 2 rings (SSSR count). The van der Waals surface area contributed by atoms with Crippen molar-refractivity contribution in [2.45, 2.75) is 18.8 Å². The van der Waals surface area contributed by atoms with Crippen LogP contribution < -0.4 is 5.73 Å². The Balaban J connectivity index is 2.12. The Bertz CT molecular complexity index is 486. The average molecular weight is 298 g/mol. The van der Waals surface area contributed by atoms with Crippen molar-refractivity contribution in [1.29, 1.82) is 0 Å². The zero-order valence-electron chi connectivity index (χ0n) is 11.6. The van der Waals surface area contributed by atoms with Gasteiger partial charge in [-0.1, -0.05) is 24.4 Å². The van der Waals surface area contributed by atoms with Crippen molar-refractivity contribution in [2.24, 2.45) is 5.73 Å². The van der Waals surface area contributed by atoms with Crippen molar-refractivity contribution < 1.29 is 13.9 Å². The molecule has 1 aliphatic rings. The zero-order valence-corrected chi connectivity index (χ0v) is 12.5. The van der Waals surface area contributed by atoms with Gasteiger partial charge in [-0.15, -0.1) is 0 Å². The van der Waals surface area contributed by atoms with Crippen LogP contribution in [0, 0.1) is 5.82 Å². The molecule has 0 aromatic heterocycles. The minimum atomic E-state index is -0.338. The summed E-state index contributed by atoms with van der Waals surface area (Å²) >= 11 is 4.85. The van der Waals surface area contributed by atoms with Crippen LogP contribution in [0.5, 0.6) is 0 Å². The van der Waals surface area contributed by atoms with Gasteiger partial charge in [0.15, 0.2) is 0 Å². The molecule has 0 bridgehead atoms. The van der Waals surface area contributed by atoms with E-state index >= 15 is 0 Å². The smallest absolute Gasteiger partial charge is 0.137 e. The molecule has 0 amide bonds. The lowest BCUT2D eigenvalue weighted by molar-refractivity contribution is -0.00461. The largest absolute Gasteiger partial charge is 0.389 e. The molecule has 110 valence electrons. The van der Waals surface area contributed by atoms with Gasteiger partial charge >= 0.3 is 0 Å². The summed E-state index contributed by atoms with van der Waals surface area (Å²) in [6.45, 7) is 1.92. The van der Waals surface area contributed by atoms with Crippen molar-refractivity contribution >= 4 is 17.2 Å². The van der Waals surface area contributed by atoms with Crippen LogP contribution in [0.4, 0.5) is 4.39 Å². The van der Waals surface area contributed by atoms with Crippen LogP contribution in [-0.2, 0) is 16.0 Å². The summed E-state index contributed by atoms with van der Waals surface area (Å²) in [5.74, 6) is -0.338. The van der Waals surface area contributed by atoms with Gasteiger partial charge in [0, 0.05) is 45.0 Å². The van der Waals surface area contributed by atoms with E-state index in [-0.39, 0.29) is 23.0 Å². The number of halogens is 1. The first kappa shape index (κ1) is 15.3. The second-order valence-corrected chi connectivity index (χ2v) is 5.33. The van der Waals surface area contributed by atoms with E-state index in [1.165, 1.54) is 0 Å². The molecular weight excluding hydrogens is 279 g/mol. The molecule has 1 fully saturated rings. The molecule has 6 heteroatoms. The molecule has 20 heavy (non-hydrogen) atoms. The molecule has 0 spiro atoms. The quantitative estimate of drug-likeness (QED) is 0.831. The number of hydrogen-bond acceptors (Lipinski definition) is 4. The maximum atomic E-state index is 14.3. The second kappa shape index (κ2) is 6.58. The van der Waals surface area contributed by atoms with Crippen LogP contribution in [-0.4, -0.2) is 49.4 Å². The van der Waals surface area contributed by atoms with E-state index in [1.807, 2.05) is 0 Å². The monoisotopic (exact) mass is 298 g/mol. The van der Waals surface area contributed by atoms with Gasteiger partial charge in [0.1, 0.15) is 10.8 Å². The number of likely N-dealkylation sites (tertiary alicyclic amines) is 1. The van der Waals surface area contributed by atoms with Gasteiger partial charge in [-0.25, -0.2) is 4.39 Å². The number of thiocarbonyl (C=S) groups is 1. The second-order valence-electron chi connectivity index (χ2n) is 4.89. The summed E-state index contributed by atoms with van der Waals surface area (Å²) in [7, 11) is 3.32. The third kappa shape index (κ3) is 3.15. The number of benzene rings is 1. The molecule has 0 aliphatic carbocycles. The topological polar surface area (TPSA) is 47.7 Å². The van der Waals surface area contributed by atoms with Crippen LogP contribution in [0.3, 0.4) is 0 Å². The van der Waals surface area contributed by atoms with E-state index in [1.54, 1.807) is 32.4 Å². The van der Waals surface area contributed by atoms with Gasteiger partial charge in [-0.2, -0.15) is 0 Å². The summed E-state index contributed by atoms with van der Waals surface area (Å²) < 4.78 is 25.0. The molecule has 1 aromatic carbocycles. The summed E-state index contributed by atoms with van der Waals surface area (Å²) in [5.41, 5.74) is 6.40. The SMILES string of the molecule is COC1CN(Cc2cccc(C(N)=S)c2F)CC1OC. The minimum absolute atomic E-state index is 0.0156. The molecule has 0 radical (unpaired) electrons. The average Bonchev–Trinajstić information content (AvgIpc) is 2.83. The molecule has 0 saturated carbocycles. The van der Waals surface area contributed by atoms with Gasteiger partial charge in [-0.05, 0) is 6.07 Å². The fraction of sp³-hybridized carbons (Fsp3) is 0.500. The summed E-state index contributed by atoms with van der Waals surface area (Å²) in [6, 6.07) is 5.12. The number of nitrogens with two attached hydrogens (primary N) is 1. The van der Waals surface area contributed by atoms with Crippen LogP contribution in [0.15, 0.2) is 18.2 Å². The minimum Gasteiger partial charge on any atom is -0.389 e. The van der Waals surface area contributed by atoms with Gasteiger partial charge < -0.3 is 15.2 Å². The van der Waals surface area contributed by atoms with Crippen LogP contribution >= 0.6 is 12.2 Å². The molecule has 1 saturated heterocycles. The summed E-state index contributed by atoms with van der Waals surface area (Å²) in [5, 5.41) is 0. The lowest BCUT2D eigenvalue weighted by Gasteiger charge is -2.16. The molecule has 1 aliphatic heterocycles.